The van der Waals surface area contributed by atoms with Crippen LogP contribution in [0.25, 0.3) is 0 Å². The van der Waals surface area contributed by atoms with Gasteiger partial charge in [0, 0.05) is 0 Å². The Morgan fingerprint density at radius 1 is 1.15 bits per heavy atom. The number of rotatable bonds is 5. The Kier molecular flexibility index (Phi) is 4.46. The number of para-hydroxylation sites is 1. The Labute approximate surface area is 124 Å². The summed E-state index contributed by atoms with van der Waals surface area (Å²) < 4.78 is 6.39. The molecule has 0 unspecified atom stereocenters. The molecule has 20 heavy (non-hydrogen) atoms. The van der Waals surface area contributed by atoms with E-state index in [1.807, 2.05) is 0 Å². The highest BCUT2D eigenvalue weighted by Crippen LogP contribution is 2.47. The fourth-order valence-corrected chi connectivity index (χ4v) is 2.81. The molecule has 0 radical (unpaired) electrons. The van der Waals surface area contributed by atoms with Crippen LogP contribution in [0.2, 0.25) is 0 Å². The highest BCUT2D eigenvalue weighted by molar-refractivity contribution is 5.46. The molecule has 0 aromatic heterocycles. The first-order valence-electron chi connectivity index (χ1n) is 8.15. The molecule has 0 spiro atoms. The van der Waals surface area contributed by atoms with Crippen LogP contribution in [0.1, 0.15) is 83.8 Å². The molecule has 1 nitrogen and oxygen atoms in total. The lowest BCUT2D eigenvalue weighted by molar-refractivity contribution is 0.126. The molecule has 1 saturated carbocycles. The zero-order chi connectivity index (χ0) is 14.9. The van der Waals surface area contributed by atoms with Gasteiger partial charge in [0.2, 0.25) is 0 Å². The normalized spacial score (nSPS) is 18.7. The Morgan fingerprint density at radius 2 is 1.75 bits per heavy atom. The van der Waals surface area contributed by atoms with Crippen LogP contribution in [0.5, 0.6) is 5.75 Å². The van der Waals surface area contributed by atoms with Crippen LogP contribution in [0, 0.1) is 5.92 Å². The monoisotopic (exact) mass is 274 g/mol. The van der Waals surface area contributed by atoms with E-state index in [4.69, 9.17) is 4.74 Å². The summed E-state index contributed by atoms with van der Waals surface area (Å²) in [6.07, 6.45) is 3.91. The summed E-state index contributed by atoms with van der Waals surface area (Å²) >= 11 is 0. The number of ether oxygens (including phenoxy) is 1. The van der Waals surface area contributed by atoms with Crippen LogP contribution in [-0.2, 0) is 0 Å². The maximum absolute atomic E-state index is 6.39. The lowest BCUT2D eigenvalue weighted by atomic mass is 9.89. The van der Waals surface area contributed by atoms with Gasteiger partial charge in [0.05, 0.1) is 0 Å². The van der Waals surface area contributed by atoms with Gasteiger partial charge in [-0.2, -0.15) is 0 Å². The van der Waals surface area contributed by atoms with Crippen molar-refractivity contribution in [2.24, 2.45) is 5.92 Å². The van der Waals surface area contributed by atoms with Crippen molar-refractivity contribution >= 4 is 0 Å². The predicted molar refractivity (Wildman–Crippen MR) is 86.7 cm³/mol. The quantitative estimate of drug-likeness (QED) is 0.650. The van der Waals surface area contributed by atoms with Crippen LogP contribution in [0.4, 0.5) is 0 Å². The van der Waals surface area contributed by atoms with Crippen molar-refractivity contribution in [1.29, 1.82) is 0 Å². The van der Waals surface area contributed by atoms with E-state index >= 15 is 0 Å². The molecule has 1 aliphatic rings. The summed E-state index contributed by atoms with van der Waals surface area (Å²) in [5.41, 5.74) is 2.66. The molecule has 1 aromatic carbocycles. The lowest BCUT2D eigenvalue weighted by Crippen LogP contribution is -2.25. The molecule has 0 amide bonds. The van der Waals surface area contributed by atoms with Crippen LogP contribution < -0.4 is 4.74 Å². The van der Waals surface area contributed by atoms with E-state index in [0.717, 1.165) is 18.1 Å². The summed E-state index contributed by atoms with van der Waals surface area (Å²) in [5, 5.41) is 0. The van der Waals surface area contributed by atoms with Crippen LogP contribution in [0.3, 0.4) is 0 Å². The van der Waals surface area contributed by atoms with Crippen molar-refractivity contribution in [3.05, 3.63) is 29.3 Å². The highest BCUT2D eigenvalue weighted by atomic mass is 16.5. The minimum Gasteiger partial charge on any atom is -0.488 e. The van der Waals surface area contributed by atoms with Gasteiger partial charge in [-0.25, -0.2) is 0 Å². The van der Waals surface area contributed by atoms with Crippen LogP contribution >= 0.6 is 0 Å². The molecule has 1 heteroatoms. The van der Waals surface area contributed by atoms with Crippen molar-refractivity contribution < 1.29 is 4.74 Å². The van der Waals surface area contributed by atoms with Gasteiger partial charge in [0.1, 0.15) is 11.4 Å². The molecule has 0 N–H and O–H groups in total. The fraction of sp³-hybridized carbons (Fsp3) is 0.684. The van der Waals surface area contributed by atoms with Crippen LogP contribution in [0.15, 0.2) is 18.2 Å². The maximum atomic E-state index is 6.39. The lowest BCUT2D eigenvalue weighted by Gasteiger charge is -2.29. The Bertz CT molecular complexity index is 451. The second kappa shape index (κ2) is 5.79. The van der Waals surface area contributed by atoms with Gasteiger partial charge >= 0.3 is 0 Å². The van der Waals surface area contributed by atoms with E-state index < -0.39 is 0 Å². The van der Waals surface area contributed by atoms with E-state index in [-0.39, 0.29) is 5.60 Å². The van der Waals surface area contributed by atoms with Crippen molar-refractivity contribution in [2.45, 2.75) is 78.2 Å². The molecule has 0 heterocycles. The molecule has 1 aliphatic carbocycles. The first-order chi connectivity index (χ1) is 9.33. The van der Waals surface area contributed by atoms with E-state index in [1.54, 1.807) is 0 Å². The van der Waals surface area contributed by atoms with Crippen molar-refractivity contribution in [3.63, 3.8) is 0 Å². The van der Waals surface area contributed by atoms with E-state index in [1.165, 1.54) is 24.0 Å². The molecule has 112 valence electrons. The first-order valence-corrected chi connectivity index (χ1v) is 8.15. The Balaban J connectivity index is 2.43. The summed E-state index contributed by atoms with van der Waals surface area (Å²) in [6, 6.07) is 6.74. The first kappa shape index (κ1) is 15.4. The van der Waals surface area contributed by atoms with Crippen molar-refractivity contribution in [2.75, 3.05) is 0 Å². The van der Waals surface area contributed by atoms with Crippen LogP contribution in [-0.4, -0.2) is 5.60 Å². The third kappa shape index (κ3) is 3.56. The van der Waals surface area contributed by atoms with Gasteiger partial charge in [0.15, 0.2) is 0 Å². The molecule has 1 fully saturated rings. The number of hydrogen-bond acceptors (Lipinski definition) is 1. The van der Waals surface area contributed by atoms with Gasteiger partial charge in [-0.1, -0.05) is 39.0 Å². The zero-order valence-electron chi connectivity index (χ0n) is 14.0. The summed E-state index contributed by atoms with van der Waals surface area (Å²) in [7, 11) is 0. The SMILES string of the molecule is CC[C@H](C)c1cccc([C@@H](C)C2CC2)c1OC(C)(C)C. The summed E-state index contributed by atoms with van der Waals surface area (Å²) in [6.45, 7) is 13.4. The zero-order valence-corrected chi connectivity index (χ0v) is 14.0. The topological polar surface area (TPSA) is 9.23 Å². The molecular weight excluding hydrogens is 244 g/mol. The van der Waals surface area contributed by atoms with Gasteiger partial charge in [0.25, 0.3) is 0 Å². The van der Waals surface area contributed by atoms with Crippen molar-refractivity contribution in [3.8, 4) is 5.75 Å². The predicted octanol–water partition coefficient (Wildman–Crippen LogP) is 5.89. The van der Waals surface area contributed by atoms with Gasteiger partial charge in [-0.3, -0.25) is 0 Å². The molecule has 1 aromatic rings. The third-order valence-corrected chi connectivity index (χ3v) is 4.45. The van der Waals surface area contributed by atoms with E-state index in [2.05, 4.69) is 59.7 Å². The smallest absolute Gasteiger partial charge is 0.127 e. The molecule has 2 atom stereocenters. The van der Waals surface area contributed by atoms with Gasteiger partial charge in [-0.15, -0.1) is 0 Å². The minimum absolute atomic E-state index is 0.137. The number of benzene rings is 1. The van der Waals surface area contributed by atoms with Gasteiger partial charge in [-0.05, 0) is 68.9 Å². The van der Waals surface area contributed by atoms with Crippen molar-refractivity contribution in [1.82, 2.24) is 0 Å². The van der Waals surface area contributed by atoms with Gasteiger partial charge < -0.3 is 4.74 Å². The maximum Gasteiger partial charge on any atom is 0.127 e. The third-order valence-electron chi connectivity index (χ3n) is 4.45. The second-order valence-corrected chi connectivity index (χ2v) is 7.42. The standard InChI is InChI=1S/C19H30O/c1-7-13(2)16-9-8-10-17(14(3)15-11-12-15)18(16)20-19(4,5)6/h8-10,13-15H,7,11-12H2,1-6H3/t13-,14-/m0/s1. The average Bonchev–Trinajstić information content (AvgIpc) is 3.19. The molecule has 2 rings (SSSR count). The second-order valence-electron chi connectivity index (χ2n) is 7.42. The minimum atomic E-state index is -0.137. The van der Waals surface area contributed by atoms with E-state index in [0.29, 0.717) is 11.8 Å². The average molecular weight is 274 g/mol. The molecule has 0 aliphatic heterocycles. The highest BCUT2D eigenvalue weighted by Gasteiger charge is 2.32. The number of hydrogen-bond donors (Lipinski definition) is 0. The fourth-order valence-electron chi connectivity index (χ4n) is 2.81. The summed E-state index contributed by atoms with van der Waals surface area (Å²) in [5.74, 6) is 3.20. The van der Waals surface area contributed by atoms with E-state index in [9.17, 15) is 0 Å². The molecular formula is C19H30O. The molecule has 0 saturated heterocycles. The Morgan fingerprint density at radius 3 is 2.25 bits per heavy atom. The largest absolute Gasteiger partial charge is 0.488 e. The summed E-state index contributed by atoms with van der Waals surface area (Å²) in [4.78, 5) is 0. The molecule has 0 bridgehead atoms. The Hall–Kier alpha value is -0.980.